The molecule has 3 aromatic rings. The molecule has 0 bridgehead atoms. The van der Waals surface area contributed by atoms with Crippen molar-refractivity contribution in [2.45, 2.75) is 25.3 Å². The number of hydrogen-bond donors (Lipinski definition) is 0. The van der Waals surface area contributed by atoms with E-state index in [2.05, 4.69) is 0 Å². The fourth-order valence-corrected chi connectivity index (χ4v) is 5.35. The molecule has 29 heavy (non-hydrogen) atoms. The number of sulfonamides is 1. The number of anilines is 2. The second kappa shape index (κ2) is 7.21. The minimum atomic E-state index is -4.04. The Morgan fingerprint density at radius 1 is 0.897 bits per heavy atom. The van der Waals surface area contributed by atoms with Crippen molar-refractivity contribution in [1.82, 2.24) is 0 Å². The molecule has 0 aliphatic carbocycles. The summed E-state index contributed by atoms with van der Waals surface area (Å²) in [6.07, 6.45) is 0. The normalized spacial score (nSPS) is 15.3. The lowest BCUT2D eigenvalue weighted by molar-refractivity contribution is 0.253. The second-order valence-electron chi connectivity index (χ2n) is 7.04. The Balaban J connectivity index is 1.90. The quantitative estimate of drug-likeness (QED) is 0.571. The maximum absolute atomic E-state index is 13.5. The van der Waals surface area contributed by atoms with E-state index in [1.165, 1.54) is 11.0 Å². The Kier molecular flexibility index (Phi) is 4.84. The van der Waals surface area contributed by atoms with Crippen molar-refractivity contribution in [2.24, 2.45) is 0 Å². The van der Waals surface area contributed by atoms with E-state index in [1.807, 2.05) is 38.1 Å². The van der Waals surface area contributed by atoms with Crippen LogP contribution < -0.4 is 9.21 Å². The SMILES string of the molecule is Cc1cc(C)cc(N2C(=O)N(Cc3ccccc3Cl)c3ccccc3S2(=O)=O)c1. The number of para-hydroxylation sites is 1. The molecule has 0 N–H and O–H groups in total. The zero-order valence-corrected chi connectivity index (χ0v) is 17.5. The van der Waals surface area contributed by atoms with Gasteiger partial charge in [0.05, 0.1) is 17.9 Å². The summed E-state index contributed by atoms with van der Waals surface area (Å²) in [4.78, 5) is 15.0. The summed E-state index contributed by atoms with van der Waals surface area (Å²) in [5, 5.41) is 0.518. The summed E-state index contributed by atoms with van der Waals surface area (Å²) >= 11 is 6.30. The van der Waals surface area contributed by atoms with Crippen LogP contribution >= 0.6 is 11.6 Å². The van der Waals surface area contributed by atoms with Crippen LogP contribution in [0.15, 0.2) is 71.6 Å². The average Bonchev–Trinajstić information content (AvgIpc) is 2.66. The zero-order chi connectivity index (χ0) is 20.8. The van der Waals surface area contributed by atoms with Gasteiger partial charge in [-0.2, -0.15) is 4.31 Å². The van der Waals surface area contributed by atoms with Crippen LogP contribution in [0.1, 0.15) is 16.7 Å². The number of aryl methyl sites for hydroxylation is 2. The van der Waals surface area contributed by atoms with Crippen LogP contribution in [0.25, 0.3) is 0 Å². The first-order valence-electron chi connectivity index (χ1n) is 9.06. The van der Waals surface area contributed by atoms with Gasteiger partial charge < -0.3 is 0 Å². The van der Waals surface area contributed by atoms with Crippen LogP contribution in [0.2, 0.25) is 5.02 Å². The van der Waals surface area contributed by atoms with Crippen LogP contribution in [-0.2, 0) is 16.6 Å². The van der Waals surface area contributed by atoms with Gasteiger partial charge in [-0.15, -0.1) is 0 Å². The second-order valence-corrected chi connectivity index (χ2v) is 9.21. The molecule has 5 nitrogen and oxygen atoms in total. The van der Waals surface area contributed by atoms with Crippen molar-refractivity contribution < 1.29 is 13.2 Å². The van der Waals surface area contributed by atoms with Crippen molar-refractivity contribution in [3.05, 3.63) is 88.4 Å². The van der Waals surface area contributed by atoms with E-state index >= 15 is 0 Å². The van der Waals surface area contributed by atoms with Gasteiger partial charge in [0.15, 0.2) is 0 Å². The minimum absolute atomic E-state index is 0.0887. The lowest BCUT2D eigenvalue weighted by atomic mass is 10.1. The Labute approximate surface area is 175 Å². The monoisotopic (exact) mass is 426 g/mol. The number of urea groups is 1. The minimum Gasteiger partial charge on any atom is -0.287 e. The summed E-state index contributed by atoms with van der Waals surface area (Å²) in [5.74, 6) is 0. The smallest absolute Gasteiger partial charge is 0.287 e. The van der Waals surface area contributed by atoms with Crippen LogP contribution in [0.4, 0.5) is 16.2 Å². The highest BCUT2D eigenvalue weighted by Crippen LogP contribution is 2.38. The van der Waals surface area contributed by atoms with Gasteiger partial charge in [0, 0.05) is 5.02 Å². The first-order chi connectivity index (χ1) is 13.8. The van der Waals surface area contributed by atoms with E-state index in [0.29, 0.717) is 16.4 Å². The maximum atomic E-state index is 13.5. The molecule has 1 aliphatic heterocycles. The van der Waals surface area contributed by atoms with Gasteiger partial charge in [0.2, 0.25) is 0 Å². The number of carbonyl (C=O) groups excluding carboxylic acids is 1. The van der Waals surface area contributed by atoms with Crippen LogP contribution in [0, 0.1) is 13.8 Å². The number of rotatable bonds is 3. The molecule has 148 valence electrons. The third-order valence-corrected chi connectivity index (χ3v) is 6.92. The predicted octanol–water partition coefficient (Wildman–Crippen LogP) is 5.29. The van der Waals surface area contributed by atoms with Gasteiger partial charge in [-0.3, -0.25) is 4.90 Å². The van der Waals surface area contributed by atoms with Crippen molar-refractivity contribution >= 4 is 39.0 Å². The number of fused-ring (bicyclic) bond motifs is 1. The molecular formula is C22H19ClN2O3S. The Morgan fingerprint density at radius 2 is 1.52 bits per heavy atom. The van der Waals surface area contributed by atoms with E-state index in [-0.39, 0.29) is 11.4 Å². The standard InChI is InChI=1S/C22H19ClN2O3S/c1-15-11-16(2)13-18(12-15)25-22(26)24(14-17-7-3-4-8-19(17)23)20-9-5-6-10-21(20)29(25,27)28/h3-13H,14H2,1-2H3. The molecule has 1 aliphatic rings. The van der Waals surface area contributed by atoms with Crippen molar-refractivity contribution in [1.29, 1.82) is 0 Å². The summed E-state index contributed by atoms with van der Waals surface area (Å²) < 4.78 is 27.6. The summed E-state index contributed by atoms with van der Waals surface area (Å²) in [7, 11) is -4.04. The lowest BCUT2D eigenvalue weighted by Gasteiger charge is -2.36. The highest BCUT2D eigenvalue weighted by molar-refractivity contribution is 7.94. The Morgan fingerprint density at radius 3 is 2.21 bits per heavy atom. The van der Waals surface area contributed by atoms with Gasteiger partial charge in [-0.05, 0) is 60.9 Å². The van der Waals surface area contributed by atoms with E-state index in [1.54, 1.807) is 36.4 Å². The molecule has 0 radical (unpaired) electrons. The molecule has 4 rings (SSSR count). The first-order valence-corrected chi connectivity index (χ1v) is 10.9. The topological polar surface area (TPSA) is 57.7 Å². The van der Waals surface area contributed by atoms with Crippen LogP contribution in [-0.4, -0.2) is 14.4 Å². The zero-order valence-electron chi connectivity index (χ0n) is 16.0. The molecule has 0 spiro atoms. The fraction of sp³-hybridized carbons (Fsp3) is 0.136. The maximum Gasteiger partial charge on any atom is 0.343 e. The molecule has 0 saturated carbocycles. The predicted molar refractivity (Wildman–Crippen MR) is 115 cm³/mol. The first kappa shape index (κ1) is 19.5. The van der Waals surface area contributed by atoms with Gasteiger partial charge in [-0.1, -0.05) is 48.0 Å². The summed E-state index contributed by atoms with van der Waals surface area (Å²) in [6, 6.07) is 18.4. The van der Waals surface area contributed by atoms with E-state index in [9.17, 15) is 13.2 Å². The van der Waals surface area contributed by atoms with Gasteiger partial charge >= 0.3 is 6.03 Å². The van der Waals surface area contributed by atoms with Crippen LogP contribution in [0.5, 0.6) is 0 Å². The third-order valence-electron chi connectivity index (χ3n) is 4.81. The molecular weight excluding hydrogens is 408 g/mol. The van der Waals surface area contributed by atoms with Crippen molar-refractivity contribution in [3.8, 4) is 0 Å². The molecule has 1 heterocycles. The van der Waals surface area contributed by atoms with Crippen LogP contribution in [0.3, 0.4) is 0 Å². The third kappa shape index (κ3) is 3.39. The molecule has 0 fully saturated rings. The molecule has 3 aromatic carbocycles. The molecule has 0 aromatic heterocycles. The number of nitrogens with zero attached hydrogens (tertiary/aromatic N) is 2. The van der Waals surface area contributed by atoms with E-state index < -0.39 is 16.1 Å². The number of benzene rings is 3. The Bertz CT molecular complexity index is 1200. The molecule has 7 heteroatoms. The van der Waals surface area contributed by atoms with E-state index in [0.717, 1.165) is 21.0 Å². The average molecular weight is 427 g/mol. The highest BCUT2D eigenvalue weighted by Gasteiger charge is 2.42. The summed E-state index contributed by atoms with van der Waals surface area (Å²) in [5.41, 5.74) is 3.15. The number of amides is 2. The van der Waals surface area contributed by atoms with Crippen molar-refractivity contribution in [2.75, 3.05) is 9.21 Å². The lowest BCUT2D eigenvalue weighted by Crippen LogP contribution is -2.50. The Hall–Kier alpha value is -2.83. The molecule has 0 atom stereocenters. The highest BCUT2D eigenvalue weighted by atomic mass is 35.5. The summed E-state index contributed by atoms with van der Waals surface area (Å²) in [6.45, 7) is 3.90. The van der Waals surface area contributed by atoms with Gasteiger partial charge in [-0.25, -0.2) is 13.2 Å². The molecule has 2 amide bonds. The molecule has 0 unspecified atom stereocenters. The van der Waals surface area contributed by atoms with Gasteiger partial charge in [0.1, 0.15) is 4.90 Å². The molecule has 0 saturated heterocycles. The largest absolute Gasteiger partial charge is 0.343 e. The number of hydrogen-bond acceptors (Lipinski definition) is 3. The van der Waals surface area contributed by atoms with E-state index in [4.69, 9.17) is 11.6 Å². The van der Waals surface area contributed by atoms with Crippen molar-refractivity contribution in [3.63, 3.8) is 0 Å². The fourth-order valence-electron chi connectivity index (χ4n) is 3.58. The van der Waals surface area contributed by atoms with Gasteiger partial charge in [0.25, 0.3) is 10.0 Å². The number of carbonyl (C=O) groups is 1. The number of halogens is 1.